The van der Waals surface area contributed by atoms with Crippen LogP contribution in [0.25, 0.3) is 10.8 Å². The minimum Gasteiger partial charge on any atom is -0.337 e. The first-order valence-corrected chi connectivity index (χ1v) is 6.44. The van der Waals surface area contributed by atoms with Crippen LogP contribution in [0.3, 0.4) is 0 Å². The molecule has 3 heteroatoms. The maximum absolute atomic E-state index is 11.8. The fourth-order valence-electron chi connectivity index (χ4n) is 1.54. The number of carbonyl (C=O) groups excluding carboxylic acids is 1. The van der Waals surface area contributed by atoms with E-state index in [-0.39, 0.29) is 5.24 Å². The van der Waals surface area contributed by atoms with E-state index in [1.807, 2.05) is 32.2 Å². The largest absolute Gasteiger partial charge is 0.337 e. The van der Waals surface area contributed by atoms with E-state index in [0.29, 0.717) is 0 Å². The van der Waals surface area contributed by atoms with Gasteiger partial charge in [0.25, 0.3) is 5.24 Å². The quantitative estimate of drug-likeness (QED) is 0.745. The van der Waals surface area contributed by atoms with Crippen molar-refractivity contribution in [1.82, 2.24) is 4.90 Å². The minimum absolute atomic E-state index is 0.0859. The van der Waals surface area contributed by atoms with E-state index in [0.717, 1.165) is 11.4 Å². The number of carbonyl (C=O) groups is 1. The summed E-state index contributed by atoms with van der Waals surface area (Å²) in [5.74, 6) is 0. The van der Waals surface area contributed by atoms with Gasteiger partial charge < -0.3 is 4.90 Å². The van der Waals surface area contributed by atoms with Gasteiger partial charge in [-0.25, -0.2) is 0 Å². The smallest absolute Gasteiger partial charge is 0.286 e. The molecule has 2 nitrogen and oxygen atoms in total. The van der Waals surface area contributed by atoms with Crippen LogP contribution < -0.4 is 0 Å². The summed E-state index contributed by atoms with van der Waals surface area (Å²) in [6.07, 6.45) is 0. The molecule has 1 amide bonds. The fraction of sp³-hybridized carbons (Fsp3) is 0.214. The highest BCUT2D eigenvalue weighted by atomic mass is 32.2. The number of amides is 1. The Morgan fingerprint density at radius 2 is 1.88 bits per heavy atom. The van der Waals surface area contributed by atoms with Crippen molar-refractivity contribution >= 4 is 27.8 Å². The maximum Gasteiger partial charge on any atom is 0.286 e. The number of benzene rings is 2. The van der Waals surface area contributed by atoms with Gasteiger partial charge in [-0.15, -0.1) is 0 Å². The van der Waals surface area contributed by atoms with E-state index in [2.05, 4.69) is 24.3 Å². The average molecular weight is 245 g/mol. The Kier molecular flexibility index (Phi) is 3.69. The Bertz CT molecular complexity index is 538. The number of rotatable bonds is 2. The molecule has 2 rings (SSSR count). The SMILES string of the molecule is CCN(C)C(=O)Sc1ccc2ccccc2c1. The fourth-order valence-corrected chi connectivity index (χ4v) is 2.35. The van der Waals surface area contributed by atoms with E-state index >= 15 is 0 Å². The van der Waals surface area contributed by atoms with Crippen LogP contribution in [0.5, 0.6) is 0 Å². The molecule has 88 valence electrons. The topological polar surface area (TPSA) is 20.3 Å². The van der Waals surface area contributed by atoms with E-state index in [1.165, 1.54) is 22.5 Å². The van der Waals surface area contributed by atoms with Crippen LogP contribution >= 0.6 is 11.8 Å². The van der Waals surface area contributed by atoms with Crippen molar-refractivity contribution < 1.29 is 4.79 Å². The Morgan fingerprint density at radius 1 is 1.18 bits per heavy atom. The molecule has 0 spiro atoms. The molecule has 0 fully saturated rings. The second kappa shape index (κ2) is 5.23. The van der Waals surface area contributed by atoms with Crippen molar-refractivity contribution in [2.24, 2.45) is 0 Å². The summed E-state index contributed by atoms with van der Waals surface area (Å²) in [6, 6.07) is 14.3. The zero-order chi connectivity index (χ0) is 12.3. The first-order valence-electron chi connectivity index (χ1n) is 5.62. The summed E-state index contributed by atoms with van der Waals surface area (Å²) >= 11 is 1.28. The van der Waals surface area contributed by atoms with Crippen LogP contribution in [0, 0.1) is 0 Å². The lowest BCUT2D eigenvalue weighted by molar-refractivity contribution is 0.235. The maximum atomic E-state index is 11.8. The molecule has 0 saturated carbocycles. The number of fused-ring (bicyclic) bond motifs is 1. The van der Waals surface area contributed by atoms with Crippen LogP contribution in [-0.4, -0.2) is 23.7 Å². The lowest BCUT2D eigenvalue weighted by Gasteiger charge is -2.13. The molecule has 0 N–H and O–H groups in total. The molecule has 0 atom stereocenters. The average Bonchev–Trinajstić information content (AvgIpc) is 2.37. The second-order valence-electron chi connectivity index (χ2n) is 3.89. The van der Waals surface area contributed by atoms with Crippen molar-refractivity contribution in [2.45, 2.75) is 11.8 Å². The summed E-state index contributed by atoms with van der Waals surface area (Å²) in [7, 11) is 1.82. The van der Waals surface area contributed by atoms with Gasteiger partial charge in [-0.05, 0) is 41.6 Å². The van der Waals surface area contributed by atoms with Gasteiger partial charge in [0.1, 0.15) is 0 Å². The van der Waals surface area contributed by atoms with Crippen LogP contribution in [-0.2, 0) is 0 Å². The van der Waals surface area contributed by atoms with Crippen LogP contribution in [0.1, 0.15) is 6.92 Å². The van der Waals surface area contributed by atoms with Gasteiger partial charge in [0, 0.05) is 18.5 Å². The van der Waals surface area contributed by atoms with Crippen LogP contribution in [0.4, 0.5) is 4.79 Å². The monoisotopic (exact) mass is 245 g/mol. The van der Waals surface area contributed by atoms with Crippen molar-refractivity contribution in [3.05, 3.63) is 42.5 Å². The summed E-state index contributed by atoms with van der Waals surface area (Å²) in [4.78, 5) is 14.5. The van der Waals surface area contributed by atoms with Crippen molar-refractivity contribution in [2.75, 3.05) is 13.6 Å². The highest BCUT2D eigenvalue weighted by Crippen LogP contribution is 2.25. The predicted octanol–water partition coefficient (Wildman–Crippen LogP) is 4.00. The summed E-state index contributed by atoms with van der Waals surface area (Å²) in [5.41, 5.74) is 0. The van der Waals surface area contributed by atoms with Gasteiger partial charge >= 0.3 is 0 Å². The van der Waals surface area contributed by atoms with Gasteiger partial charge in [-0.3, -0.25) is 4.79 Å². The number of hydrogen-bond donors (Lipinski definition) is 0. The summed E-state index contributed by atoms with van der Waals surface area (Å²) < 4.78 is 0. The molecule has 0 radical (unpaired) electrons. The highest BCUT2D eigenvalue weighted by Gasteiger charge is 2.08. The molecular formula is C14H15NOS. The molecule has 0 aliphatic heterocycles. The first-order chi connectivity index (χ1) is 8.20. The normalized spacial score (nSPS) is 10.5. The molecule has 17 heavy (non-hydrogen) atoms. The summed E-state index contributed by atoms with van der Waals surface area (Å²) in [5, 5.41) is 2.46. The summed E-state index contributed by atoms with van der Waals surface area (Å²) in [6.45, 7) is 2.71. The van der Waals surface area contributed by atoms with Gasteiger partial charge in [-0.2, -0.15) is 0 Å². The van der Waals surface area contributed by atoms with E-state index < -0.39 is 0 Å². The van der Waals surface area contributed by atoms with Crippen molar-refractivity contribution in [3.8, 4) is 0 Å². The third-order valence-electron chi connectivity index (χ3n) is 2.71. The third kappa shape index (κ3) is 2.80. The Hall–Kier alpha value is -1.48. The van der Waals surface area contributed by atoms with Gasteiger partial charge in [0.15, 0.2) is 0 Å². The van der Waals surface area contributed by atoms with Gasteiger partial charge in [0.2, 0.25) is 0 Å². The molecular weight excluding hydrogens is 230 g/mol. The molecule has 0 aliphatic rings. The lowest BCUT2D eigenvalue weighted by Crippen LogP contribution is -2.21. The zero-order valence-electron chi connectivity index (χ0n) is 10.0. The van der Waals surface area contributed by atoms with E-state index in [4.69, 9.17) is 0 Å². The molecule has 0 saturated heterocycles. The number of nitrogens with zero attached hydrogens (tertiary/aromatic N) is 1. The molecule has 2 aromatic rings. The minimum atomic E-state index is 0.0859. The molecule has 0 heterocycles. The van der Waals surface area contributed by atoms with Crippen molar-refractivity contribution in [1.29, 1.82) is 0 Å². The van der Waals surface area contributed by atoms with Gasteiger partial charge in [-0.1, -0.05) is 30.3 Å². The zero-order valence-corrected chi connectivity index (χ0v) is 10.8. The standard InChI is InChI=1S/C14H15NOS/c1-3-15(2)14(16)17-13-9-8-11-6-4-5-7-12(11)10-13/h4-10H,3H2,1-2H3. The van der Waals surface area contributed by atoms with E-state index in [9.17, 15) is 4.79 Å². The lowest BCUT2D eigenvalue weighted by atomic mass is 10.1. The molecule has 0 aromatic heterocycles. The molecule has 0 bridgehead atoms. The van der Waals surface area contributed by atoms with Crippen LogP contribution in [0.2, 0.25) is 0 Å². The van der Waals surface area contributed by atoms with Crippen LogP contribution in [0.15, 0.2) is 47.4 Å². The van der Waals surface area contributed by atoms with E-state index in [1.54, 1.807) is 4.90 Å². The Morgan fingerprint density at radius 3 is 2.59 bits per heavy atom. The van der Waals surface area contributed by atoms with Gasteiger partial charge in [0.05, 0.1) is 0 Å². The van der Waals surface area contributed by atoms with Crippen molar-refractivity contribution in [3.63, 3.8) is 0 Å². The Labute approximate surface area is 106 Å². The third-order valence-corrected chi connectivity index (χ3v) is 3.69. The second-order valence-corrected chi connectivity index (χ2v) is 4.92. The first kappa shape index (κ1) is 12.0. The predicted molar refractivity (Wildman–Crippen MR) is 73.5 cm³/mol. The molecule has 2 aromatic carbocycles. The molecule has 0 aliphatic carbocycles. The number of thioether (sulfide) groups is 1. The highest BCUT2D eigenvalue weighted by molar-refractivity contribution is 8.13. The number of hydrogen-bond acceptors (Lipinski definition) is 2. The Balaban J connectivity index is 2.22. The molecule has 0 unspecified atom stereocenters.